The van der Waals surface area contributed by atoms with Gasteiger partial charge < -0.3 is 18.5 Å². The predicted molar refractivity (Wildman–Crippen MR) is 51.2 cm³/mol. The van der Waals surface area contributed by atoms with Crippen molar-refractivity contribution in [2.45, 2.75) is 4.31 Å². The van der Waals surface area contributed by atoms with E-state index >= 15 is 0 Å². The molecule has 0 aliphatic carbocycles. The molecule has 6 nitrogen and oxygen atoms in total. The highest BCUT2D eigenvalue weighted by atomic mass is 79.9. The zero-order valence-corrected chi connectivity index (χ0v) is 10.7. The van der Waals surface area contributed by atoms with E-state index in [2.05, 4.69) is 29.5 Å². The molecule has 0 rings (SSSR count). The van der Waals surface area contributed by atoms with Gasteiger partial charge in [0.2, 0.25) is 4.31 Å². The highest BCUT2D eigenvalue weighted by Crippen LogP contribution is 2.69. The van der Waals surface area contributed by atoms with Crippen LogP contribution in [0.15, 0.2) is 0 Å². The standard InChI is InChI=1S/C4H11BrO6P2/c1-9-12(6,7)4(5)13(8,10-2)11-3/h4H,1-3H3,(H,6,7). The Kier molecular flexibility index (Phi) is 5.33. The summed E-state index contributed by atoms with van der Waals surface area (Å²) >= 11 is 2.75. The smallest absolute Gasteiger partial charge is 0.323 e. The van der Waals surface area contributed by atoms with Crippen molar-refractivity contribution in [2.24, 2.45) is 0 Å². The fourth-order valence-corrected chi connectivity index (χ4v) is 4.97. The van der Waals surface area contributed by atoms with Gasteiger partial charge in [-0.1, -0.05) is 15.9 Å². The minimum absolute atomic E-state index is 1.03. The zero-order chi connectivity index (χ0) is 10.7. The third-order valence-corrected chi connectivity index (χ3v) is 8.68. The second-order valence-corrected chi connectivity index (χ2v) is 9.04. The number of rotatable bonds is 5. The Labute approximate surface area is 84.8 Å². The van der Waals surface area contributed by atoms with Crippen molar-refractivity contribution < 1.29 is 27.6 Å². The molecule has 2 unspecified atom stereocenters. The molecule has 0 heterocycles. The summed E-state index contributed by atoms with van der Waals surface area (Å²) in [4.78, 5) is 9.14. The lowest BCUT2D eigenvalue weighted by atomic mass is 11.8. The second-order valence-electron chi connectivity index (χ2n) is 1.96. The van der Waals surface area contributed by atoms with E-state index in [0.29, 0.717) is 0 Å². The van der Waals surface area contributed by atoms with Crippen LogP contribution in [0.2, 0.25) is 0 Å². The minimum Gasteiger partial charge on any atom is -0.323 e. The molecule has 0 aliphatic rings. The molecule has 2 atom stereocenters. The Morgan fingerprint density at radius 2 is 1.54 bits per heavy atom. The summed E-state index contributed by atoms with van der Waals surface area (Å²) < 4.78 is 34.7. The monoisotopic (exact) mass is 296 g/mol. The van der Waals surface area contributed by atoms with Gasteiger partial charge in [-0.25, -0.2) is 0 Å². The van der Waals surface area contributed by atoms with Crippen LogP contribution >= 0.6 is 31.1 Å². The Hall–Kier alpha value is 0.780. The predicted octanol–water partition coefficient (Wildman–Crippen LogP) is 1.98. The lowest BCUT2D eigenvalue weighted by Gasteiger charge is -2.21. The van der Waals surface area contributed by atoms with Crippen molar-refractivity contribution in [3.63, 3.8) is 0 Å². The van der Waals surface area contributed by atoms with Gasteiger partial charge in [-0.15, -0.1) is 0 Å². The maximum Gasteiger partial charge on any atom is 0.355 e. The fourth-order valence-electron chi connectivity index (χ4n) is 0.514. The summed E-state index contributed by atoms with van der Waals surface area (Å²) in [6.07, 6.45) is 0. The topological polar surface area (TPSA) is 82.1 Å². The van der Waals surface area contributed by atoms with E-state index in [1.54, 1.807) is 0 Å². The Morgan fingerprint density at radius 3 is 1.77 bits per heavy atom. The molecule has 0 aromatic heterocycles. The number of alkyl halides is 1. The molecule has 0 aromatic carbocycles. The Balaban J connectivity index is 4.87. The molecule has 0 aliphatic heterocycles. The summed E-state index contributed by atoms with van der Waals surface area (Å²) in [6, 6.07) is 0. The van der Waals surface area contributed by atoms with Gasteiger partial charge in [0.25, 0.3) is 0 Å². The van der Waals surface area contributed by atoms with Gasteiger partial charge >= 0.3 is 15.2 Å². The molecule has 0 bridgehead atoms. The lowest BCUT2D eigenvalue weighted by molar-refractivity contribution is 0.269. The third kappa shape index (κ3) is 3.13. The van der Waals surface area contributed by atoms with Crippen LogP contribution in [0.5, 0.6) is 0 Å². The molecule has 0 fully saturated rings. The third-order valence-electron chi connectivity index (χ3n) is 1.30. The molecule has 0 saturated carbocycles. The van der Waals surface area contributed by atoms with E-state index in [0.717, 1.165) is 21.3 Å². The summed E-state index contributed by atoms with van der Waals surface area (Å²) in [6.45, 7) is 0. The number of halogens is 1. The summed E-state index contributed by atoms with van der Waals surface area (Å²) in [5.41, 5.74) is 0. The fraction of sp³-hybridized carbons (Fsp3) is 1.00. The van der Waals surface area contributed by atoms with Crippen LogP contribution < -0.4 is 0 Å². The first-order valence-electron chi connectivity index (χ1n) is 3.07. The first-order chi connectivity index (χ1) is 5.84. The number of hydrogen-bond donors (Lipinski definition) is 1. The van der Waals surface area contributed by atoms with Crippen LogP contribution in [0.25, 0.3) is 0 Å². The summed E-state index contributed by atoms with van der Waals surface area (Å²) in [5.74, 6) is 0. The summed E-state index contributed by atoms with van der Waals surface area (Å²) in [5, 5.41) is 0. The van der Waals surface area contributed by atoms with Gasteiger partial charge in [0.15, 0.2) is 0 Å². The second kappa shape index (κ2) is 5.03. The van der Waals surface area contributed by atoms with Crippen LogP contribution in [0.3, 0.4) is 0 Å². The van der Waals surface area contributed by atoms with E-state index < -0.39 is 19.5 Å². The Morgan fingerprint density at radius 1 is 1.15 bits per heavy atom. The van der Waals surface area contributed by atoms with Gasteiger partial charge in [-0.3, -0.25) is 9.13 Å². The molecule has 0 spiro atoms. The molecule has 13 heavy (non-hydrogen) atoms. The van der Waals surface area contributed by atoms with Crippen LogP contribution in [0.1, 0.15) is 0 Å². The van der Waals surface area contributed by atoms with Gasteiger partial charge in [-0.05, 0) is 0 Å². The van der Waals surface area contributed by atoms with Crippen molar-refractivity contribution in [3.05, 3.63) is 0 Å². The minimum atomic E-state index is -4.02. The van der Waals surface area contributed by atoms with Crippen molar-refractivity contribution in [3.8, 4) is 0 Å². The maximum atomic E-state index is 11.6. The molecular weight excluding hydrogens is 286 g/mol. The summed E-state index contributed by atoms with van der Waals surface area (Å²) in [7, 11) is -4.38. The molecule has 0 saturated heterocycles. The van der Waals surface area contributed by atoms with Crippen molar-refractivity contribution in [1.82, 2.24) is 0 Å². The molecule has 0 radical (unpaired) electrons. The van der Waals surface area contributed by atoms with Crippen LogP contribution in [0.4, 0.5) is 0 Å². The molecule has 0 amide bonds. The molecule has 9 heteroatoms. The lowest BCUT2D eigenvalue weighted by Crippen LogP contribution is -2.05. The van der Waals surface area contributed by atoms with E-state index in [4.69, 9.17) is 4.89 Å². The molecule has 80 valence electrons. The van der Waals surface area contributed by atoms with Gasteiger partial charge in [0.1, 0.15) is 0 Å². The van der Waals surface area contributed by atoms with E-state index in [9.17, 15) is 9.13 Å². The number of hydrogen-bond acceptors (Lipinski definition) is 5. The highest BCUT2D eigenvalue weighted by molar-refractivity contribution is 9.12. The van der Waals surface area contributed by atoms with Crippen LogP contribution in [-0.4, -0.2) is 30.5 Å². The molecule has 1 N–H and O–H groups in total. The van der Waals surface area contributed by atoms with Crippen LogP contribution in [0, 0.1) is 0 Å². The average Bonchev–Trinajstić information content (AvgIpc) is 2.15. The van der Waals surface area contributed by atoms with E-state index in [-0.39, 0.29) is 0 Å². The van der Waals surface area contributed by atoms with E-state index in [1.165, 1.54) is 0 Å². The first-order valence-corrected chi connectivity index (χ1v) is 7.25. The SMILES string of the molecule is COP(=O)(O)C(Br)P(=O)(OC)OC. The maximum absolute atomic E-state index is 11.6. The van der Waals surface area contributed by atoms with E-state index in [1.807, 2.05) is 0 Å². The molecular formula is C4H11BrO6P2. The van der Waals surface area contributed by atoms with Gasteiger partial charge in [0.05, 0.1) is 0 Å². The average molecular weight is 297 g/mol. The van der Waals surface area contributed by atoms with Crippen LogP contribution in [-0.2, 0) is 22.7 Å². The first kappa shape index (κ1) is 13.8. The zero-order valence-electron chi connectivity index (χ0n) is 7.34. The molecule has 0 aromatic rings. The van der Waals surface area contributed by atoms with Crippen molar-refractivity contribution in [1.29, 1.82) is 0 Å². The van der Waals surface area contributed by atoms with Crippen molar-refractivity contribution >= 4 is 31.1 Å². The Bertz CT molecular complexity index is 247. The van der Waals surface area contributed by atoms with Gasteiger partial charge in [0, 0.05) is 21.3 Å². The van der Waals surface area contributed by atoms with Crippen molar-refractivity contribution in [2.75, 3.05) is 21.3 Å². The highest BCUT2D eigenvalue weighted by Gasteiger charge is 2.46. The largest absolute Gasteiger partial charge is 0.355 e. The quantitative estimate of drug-likeness (QED) is 0.617. The van der Waals surface area contributed by atoms with Gasteiger partial charge in [-0.2, -0.15) is 0 Å². The normalized spacial score (nSPS) is 19.5.